The van der Waals surface area contributed by atoms with Crippen LogP contribution in [0.2, 0.25) is 0 Å². The molecule has 0 saturated carbocycles. The molecule has 0 spiro atoms. The number of Topliss-reactive ketones (excluding diaryl/α,β-unsaturated/α-hetero) is 1. The molecule has 0 aliphatic carbocycles. The molecule has 1 aliphatic rings. The summed E-state index contributed by atoms with van der Waals surface area (Å²) in [7, 11) is 0. The van der Waals surface area contributed by atoms with Gasteiger partial charge in [-0.1, -0.05) is 70.0 Å². The number of carbonyl (C=O) groups is 2. The summed E-state index contributed by atoms with van der Waals surface area (Å²) >= 11 is 3.38. The van der Waals surface area contributed by atoms with E-state index in [0.29, 0.717) is 11.3 Å². The van der Waals surface area contributed by atoms with Crippen LogP contribution in [0.15, 0.2) is 82.8 Å². The van der Waals surface area contributed by atoms with Crippen LogP contribution in [0, 0.1) is 13.8 Å². The summed E-state index contributed by atoms with van der Waals surface area (Å²) in [6, 6.07) is 21.4. The number of benzene rings is 3. The Morgan fingerprint density at radius 3 is 2.17 bits per heavy atom. The van der Waals surface area contributed by atoms with Crippen molar-refractivity contribution in [3.63, 3.8) is 0 Å². The first-order chi connectivity index (χ1) is 14.4. The Labute approximate surface area is 183 Å². The zero-order valence-corrected chi connectivity index (χ0v) is 18.2. The number of ketones is 1. The smallest absolute Gasteiger partial charge is 0.300 e. The SMILES string of the molecule is Cc1cccc(C2/C(=C(\O)c3ccc(Br)cc3)C(=O)C(=O)N2c2cccc(C)c2)c1. The van der Waals surface area contributed by atoms with Gasteiger partial charge < -0.3 is 5.11 Å². The number of anilines is 1. The van der Waals surface area contributed by atoms with Gasteiger partial charge in [-0.3, -0.25) is 14.5 Å². The number of aryl methyl sites for hydroxylation is 2. The largest absolute Gasteiger partial charge is 0.507 e. The van der Waals surface area contributed by atoms with Gasteiger partial charge in [0.1, 0.15) is 5.76 Å². The monoisotopic (exact) mass is 461 g/mol. The Bertz CT molecular complexity index is 1180. The van der Waals surface area contributed by atoms with E-state index in [0.717, 1.165) is 21.2 Å². The van der Waals surface area contributed by atoms with Crippen molar-refractivity contribution in [1.82, 2.24) is 0 Å². The van der Waals surface area contributed by atoms with Gasteiger partial charge in [0.05, 0.1) is 11.6 Å². The number of rotatable bonds is 3. The highest BCUT2D eigenvalue weighted by molar-refractivity contribution is 9.10. The summed E-state index contributed by atoms with van der Waals surface area (Å²) in [6.07, 6.45) is 0. The van der Waals surface area contributed by atoms with Gasteiger partial charge in [-0.15, -0.1) is 0 Å². The van der Waals surface area contributed by atoms with E-state index in [1.807, 2.05) is 56.3 Å². The Hall–Kier alpha value is -3.18. The molecule has 30 heavy (non-hydrogen) atoms. The number of aliphatic hydroxyl groups is 1. The highest BCUT2D eigenvalue weighted by Crippen LogP contribution is 2.42. The van der Waals surface area contributed by atoms with Gasteiger partial charge in [0.25, 0.3) is 11.7 Å². The lowest BCUT2D eigenvalue weighted by Crippen LogP contribution is -2.29. The van der Waals surface area contributed by atoms with Crippen molar-refractivity contribution in [2.75, 3.05) is 4.90 Å². The zero-order valence-electron chi connectivity index (χ0n) is 16.6. The molecule has 0 bridgehead atoms. The number of nitrogens with zero attached hydrogens (tertiary/aromatic N) is 1. The van der Waals surface area contributed by atoms with Gasteiger partial charge in [0, 0.05) is 15.7 Å². The zero-order chi connectivity index (χ0) is 21.4. The molecular weight excluding hydrogens is 442 g/mol. The van der Waals surface area contributed by atoms with Gasteiger partial charge in [-0.25, -0.2) is 0 Å². The standard InChI is InChI=1S/C25H20BrNO3/c1-15-5-3-7-18(13-15)22-21(23(28)17-9-11-19(26)12-10-17)24(29)25(30)27(22)20-8-4-6-16(2)14-20/h3-14,22,28H,1-2H3/b23-21+. The first kappa shape index (κ1) is 20.1. The molecule has 1 atom stereocenters. The summed E-state index contributed by atoms with van der Waals surface area (Å²) in [5, 5.41) is 11.1. The minimum absolute atomic E-state index is 0.0921. The molecule has 1 saturated heterocycles. The summed E-state index contributed by atoms with van der Waals surface area (Å²) in [5.41, 5.74) is 3.96. The van der Waals surface area contributed by atoms with Gasteiger partial charge in [-0.05, 0) is 49.2 Å². The number of carbonyl (C=O) groups excluding carboxylic acids is 2. The van der Waals surface area contributed by atoms with E-state index < -0.39 is 17.7 Å². The van der Waals surface area contributed by atoms with Crippen LogP contribution >= 0.6 is 15.9 Å². The summed E-state index contributed by atoms with van der Waals surface area (Å²) < 4.78 is 0.856. The summed E-state index contributed by atoms with van der Waals surface area (Å²) in [6.45, 7) is 3.89. The fourth-order valence-corrected chi connectivity index (χ4v) is 4.06. The van der Waals surface area contributed by atoms with Crippen molar-refractivity contribution in [1.29, 1.82) is 0 Å². The maximum atomic E-state index is 13.1. The van der Waals surface area contributed by atoms with E-state index in [2.05, 4.69) is 15.9 Å². The predicted octanol–water partition coefficient (Wildman–Crippen LogP) is 5.69. The van der Waals surface area contributed by atoms with Crippen molar-refractivity contribution in [3.05, 3.63) is 105 Å². The maximum Gasteiger partial charge on any atom is 0.300 e. The minimum Gasteiger partial charge on any atom is -0.507 e. The van der Waals surface area contributed by atoms with Crippen LogP contribution in [-0.2, 0) is 9.59 Å². The Morgan fingerprint density at radius 1 is 0.900 bits per heavy atom. The molecule has 1 amide bonds. The average molecular weight is 462 g/mol. The maximum absolute atomic E-state index is 13.1. The second-order valence-corrected chi connectivity index (χ2v) is 8.34. The molecule has 3 aromatic rings. The molecule has 5 heteroatoms. The molecule has 3 aromatic carbocycles. The number of aliphatic hydroxyl groups excluding tert-OH is 1. The second-order valence-electron chi connectivity index (χ2n) is 7.43. The normalized spacial score (nSPS) is 18.1. The van der Waals surface area contributed by atoms with Crippen LogP contribution in [0.4, 0.5) is 5.69 Å². The first-order valence-corrected chi connectivity index (χ1v) is 10.4. The van der Waals surface area contributed by atoms with Gasteiger partial charge in [0.15, 0.2) is 0 Å². The highest BCUT2D eigenvalue weighted by Gasteiger charge is 2.46. The summed E-state index contributed by atoms with van der Waals surface area (Å²) in [4.78, 5) is 27.7. The fourth-order valence-electron chi connectivity index (χ4n) is 3.80. The number of amides is 1. The van der Waals surface area contributed by atoms with Crippen LogP contribution in [-0.4, -0.2) is 16.8 Å². The molecule has 1 aliphatic heterocycles. The van der Waals surface area contributed by atoms with Crippen molar-refractivity contribution in [2.45, 2.75) is 19.9 Å². The number of hydrogen-bond donors (Lipinski definition) is 1. The third-order valence-electron chi connectivity index (χ3n) is 5.20. The average Bonchev–Trinajstić information content (AvgIpc) is 2.99. The lowest BCUT2D eigenvalue weighted by molar-refractivity contribution is -0.132. The van der Waals surface area contributed by atoms with E-state index in [-0.39, 0.29) is 11.3 Å². The van der Waals surface area contributed by atoms with E-state index in [1.165, 1.54) is 4.90 Å². The van der Waals surface area contributed by atoms with Crippen LogP contribution in [0.1, 0.15) is 28.3 Å². The quantitative estimate of drug-likeness (QED) is 0.309. The van der Waals surface area contributed by atoms with Crippen molar-refractivity contribution < 1.29 is 14.7 Å². The second kappa shape index (κ2) is 7.92. The molecule has 1 unspecified atom stereocenters. The molecule has 0 radical (unpaired) electrons. The van der Waals surface area contributed by atoms with Crippen LogP contribution < -0.4 is 4.90 Å². The molecule has 4 nitrogen and oxygen atoms in total. The topological polar surface area (TPSA) is 57.6 Å². The minimum atomic E-state index is -0.713. The van der Waals surface area contributed by atoms with Crippen LogP contribution in [0.25, 0.3) is 5.76 Å². The van der Waals surface area contributed by atoms with Crippen molar-refractivity contribution in [2.24, 2.45) is 0 Å². The van der Waals surface area contributed by atoms with E-state index in [1.54, 1.807) is 30.3 Å². The van der Waals surface area contributed by atoms with Crippen molar-refractivity contribution >= 4 is 39.1 Å². The molecular formula is C25H20BrNO3. The van der Waals surface area contributed by atoms with E-state index >= 15 is 0 Å². The first-order valence-electron chi connectivity index (χ1n) is 9.57. The van der Waals surface area contributed by atoms with Gasteiger partial charge in [0.2, 0.25) is 0 Å². The lowest BCUT2D eigenvalue weighted by Gasteiger charge is -2.26. The van der Waals surface area contributed by atoms with Crippen LogP contribution in [0.3, 0.4) is 0 Å². The molecule has 150 valence electrons. The highest BCUT2D eigenvalue weighted by atomic mass is 79.9. The van der Waals surface area contributed by atoms with E-state index in [9.17, 15) is 14.7 Å². The molecule has 0 aromatic heterocycles. The Morgan fingerprint density at radius 2 is 1.53 bits per heavy atom. The number of hydrogen-bond acceptors (Lipinski definition) is 3. The third-order valence-corrected chi connectivity index (χ3v) is 5.73. The molecule has 1 N–H and O–H groups in total. The van der Waals surface area contributed by atoms with Gasteiger partial charge in [-0.2, -0.15) is 0 Å². The predicted molar refractivity (Wildman–Crippen MR) is 121 cm³/mol. The molecule has 1 heterocycles. The van der Waals surface area contributed by atoms with Gasteiger partial charge >= 0.3 is 0 Å². The lowest BCUT2D eigenvalue weighted by atomic mass is 9.94. The third kappa shape index (κ3) is 3.57. The Kier molecular flexibility index (Phi) is 5.31. The Balaban J connectivity index is 1.96. The molecule has 4 rings (SSSR count). The fraction of sp³-hybridized carbons (Fsp3) is 0.120. The number of halogens is 1. The van der Waals surface area contributed by atoms with E-state index in [4.69, 9.17) is 0 Å². The van der Waals surface area contributed by atoms with Crippen molar-refractivity contribution in [3.8, 4) is 0 Å². The van der Waals surface area contributed by atoms with Crippen LogP contribution in [0.5, 0.6) is 0 Å². The molecule has 1 fully saturated rings. The summed E-state index contributed by atoms with van der Waals surface area (Å²) in [5.74, 6) is -1.52.